The molecule has 0 spiro atoms. The zero-order chi connectivity index (χ0) is 20.4. The molecule has 4 rings (SSSR count). The molecule has 2 aromatic rings. The van der Waals surface area contributed by atoms with Crippen molar-refractivity contribution in [1.29, 1.82) is 5.26 Å². The predicted molar refractivity (Wildman–Crippen MR) is 104 cm³/mol. The molecular weight excluding hydrogens is 377 g/mol. The fourth-order valence-electron chi connectivity index (χ4n) is 3.56. The number of carbonyl (C=O) groups is 1. The Balaban J connectivity index is 1.42. The Hall–Kier alpha value is -3.38. The molecule has 1 aromatic carbocycles. The van der Waals surface area contributed by atoms with E-state index in [4.69, 9.17) is 15.1 Å². The molecule has 1 atom stereocenters. The van der Waals surface area contributed by atoms with Gasteiger partial charge in [0.1, 0.15) is 23.8 Å². The third-order valence-corrected chi connectivity index (χ3v) is 5.14. The van der Waals surface area contributed by atoms with Crippen LogP contribution in [0.1, 0.15) is 5.56 Å². The number of aliphatic hydroxyl groups is 1. The lowest BCUT2D eigenvalue weighted by Gasteiger charge is -2.37. The van der Waals surface area contributed by atoms with Gasteiger partial charge in [-0.2, -0.15) is 5.26 Å². The maximum Gasteiger partial charge on any atom is 0.414 e. The number of aliphatic hydroxyl groups excluding tert-OH is 1. The topological polar surface area (TPSA) is 92.9 Å². The van der Waals surface area contributed by atoms with Gasteiger partial charge in [-0.3, -0.25) is 4.90 Å². The SMILES string of the molecule is N#Cc1ccc(N2CCN(c3ccc(N4CC(CO)OC4=O)cc3F)CC2)nc1. The zero-order valence-electron chi connectivity index (χ0n) is 15.7. The van der Waals surface area contributed by atoms with E-state index in [1.165, 1.54) is 11.0 Å². The van der Waals surface area contributed by atoms with Gasteiger partial charge < -0.3 is 19.6 Å². The number of hydrogen-bond donors (Lipinski definition) is 1. The Kier molecular flexibility index (Phi) is 5.18. The summed E-state index contributed by atoms with van der Waals surface area (Å²) < 4.78 is 19.8. The van der Waals surface area contributed by atoms with Crippen LogP contribution in [0.5, 0.6) is 0 Å². The summed E-state index contributed by atoms with van der Waals surface area (Å²) in [5.74, 6) is 0.387. The van der Waals surface area contributed by atoms with Crippen LogP contribution in [0.2, 0.25) is 0 Å². The number of benzene rings is 1. The lowest BCUT2D eigenvalue weighted by atomic mass is 10.2. The molecule has 1 unspecified atom stereocenters. The van der Waals surface area contributed by atoms with Crippen LogP contribution in [0.4, 0.5) is 26.4 Å². The highest BCUT2D eigenvalue weighted by molar-refractivity contribution is 5.90. The van der Waals surface area contributed by atoms with Gasteiger partial charge in [-0.15, -0.1) is 0 Å². The van der Waals surface area contributed by atoms with Crippen LogP contribution in [-0.2, 0) is 4.74 Å². The summed E-state index contributed by atoms with van der Waals surface area (Å²) in [6.45, 7) is 2.53. The molecule has 150 valence electrons. The number of halogens is 1. The van der Waals surface area contributed by atoms with E-state index in [1.54, 1.807) is 24.4 Å². The minimum Gasteiger partial charge on any atom is -0.441 e. The van der Waals surface area contributed by atoms with Gasteiger partial charge in [0.25, 0.3) is 0 Å². The van der Waals surface area contributed by atoms with Crippen molar-refractivity contribution in [3.8, 4) is 6.07 Å². The minimum atomic E-state index is -0.589. The van der Waals surface area contributed by atoms with E-state index in [0.717, 1.165) is 5.82 Å². The molecule has 0 radical (unpaired) electrons. The zero-order valence-corrected chi connectivity index (χ0v) is 15.7. The molecule has 0 aliphatic carbocycles. The highest BCUT2D eigenvalue weighted by Crippen LogP contribution is 2.29. The number of cyclic esters (lactones) is 1. The number of anilines is 3. The highest BCUT2D eigenvalue weighted by Gasteiger charge is 2.32. The molecule has 0 bridgehead atoms. The number of hydrogen-bond acceptors (Lipinski definition) is 7. The number of piperazine rings is 1. The molecule has 2 saturated heterocycles. The fourth-order valence-corrected chi connectivity index (χ4v) is 3.56. The van der Waals surface area contributed by atoms with Gasteiger partial charge in [0.05, 0.1) is 30.1 Å². The normalized spacial score (nSPS) is 19.3. The minimum absolute atomic E-state index is 0.199. The summed E-state index contributed by atoms with van der Waals surface area (Å²) in [5, 5.41) is 18.0. The van der Waals surface area contributed by atoms with E-state index < -0.39 is 18.0 Å². The summed E-state index contributed by atoms with van der Waals surface area (Å²) in [6, 6.07) is 10.3. The predicted octanol–water partition coefficient (Wildman–Crippen LogP) is 1.74. The van der Waals surface area contributed by atoms with Crippen molar-refractivity contribution in [3.05, 3.63) is 47.9 Å². The van der Waals surface area contributed by atoms with Gasteiger partial charge in [0.2, 0.25) is 0 Å². The van der Waals surface area contributed by atoms with Crippen molar-refractivity contribution >= 4 is 23.3 Å². The first-order chi connectivity index (χ1) is 14.1. The Morgan fingerprint density at radius 2 is 1.97 bits per heavy atom. The molecule has 2 aliphatic rings. The Morgan fingerprint density at radius 3 is 2.55 bits per heavy atom. The van der Waals surface area contributed by atoms with Crippen LogP contribution >= 0.6 is 0 Å². The van der Waals surface area contributed by atoms with Gasteiger partial charge in [-0.25, -0.2) is 14.2 Å². The van der Waals surface area contributed by atoms with Crippen LogP contribution < -0.4 is 14.7 Å². The van der Waals surface area contributed by atoms with E-state index >= 15 is 0 Å². The van der Waals surface area contributed by atoms with Crippen LogP contribution in [0.3, 0.4) is 0 Å². The summed E-state index contributed by atoms with van der Waals surface area (Å²) in [4.78, 5) is 21.6. The number of nitriles is 1. The molecule has 2 aliphatic heterocycles. The van der Waals surface area contributed by atoms with E-state index in [9.17, 15) is 9.18 Å². The van der Waals surface area contributed by atoms with Gasteiger partial charge in [0.15, 0.2) is 0 Å². The summed E-state index contributed by atoms with van der Waals surface area (Å²) >= 11 is 0. The van der Waals surface area contributed by atoms with Crippen LogP contribution in [0, 0.1) is 17.1 Å². The second-order valence-electron chi connectivity index (χ2n) is 6.93. The Morgan fingerprint density at radius 1 is 1.21 bits per heavy atom. The summed E-state index contributed by atoms with van der Waals surface area (Å²) in [6.07, 6.45) is 0.374. The van der Waals surface area contributed by atoms with Gasteiger partial charge in [0, 0.05) is 32.4 Å². The average Bonchev–Trinajstić information content (AvgIpc) is 3.15. The molecule has 1 amide bonds. The first kappa shape index (κ1) is 19.0. The number of ether oxygens (including phenoxy) is 1. The Labute approximate surface area is 167 Å². The first-order valence-electron chi connectivity index (χ1n) is 9.33. The lowest BCUT2D eigenvalue weighted by Crippen LogP contribution is -2.47. The highest BCUT2D eigenvalue weighted by atomic mass is 19.1. The molecule has 9 heteroatoms. The Bertz CT molecular complexity index is 938. The van der Waals surface area contributed by atoms with E-state index in [-0.39, 0.29) is 13.2 Å². The smallest absolute Gasteiger partial charge is 0.414 e. The van der Waals surface area contributed by atoms with Gasteiger partial charge in [-0.1, -0.05) is 0 Å². The number of nitrogens with zero attached hydrogens (tertiary/aromatic N) is 5. The van der Waals surface area contributed by atoms with Crippen molar-refractivity contribution in [2.24, 2.45) is 0 Å². The van der Waals surface area contributed by atoms with Crippen LogP contribution in [0.25, 0.3) is 0 Å². The van der Waals surface area contributed by atoms with Crippen LogP contribution in [0.15, 0.2) is 36.5 Å². The summed E-state index contributed by atoms with van der Waals surface area (Å²) in [5.41, 5.74) is 1.40. The monoisotopic (exact) mass is 397 g/mol. The molecule has 3 heterocycles. The molecule has 8 nitrogen and oxygen atoms in total. The largest absolute Gasteiger partial charge is 0.441 e. The van der Waals surface area contributed by atoms with Gasteiger partial charge >= 0.3 is 6.09 Å². The van der Waals surface area contributed by atoms with Crippen molar-refractivity contribution in [1.82, 2.24) is 4.98 Å². The second-order valence-corrected chi connectivity index (χ2v) is 6.93. The van der Waals surface area contributed by atoms with Crippen molar-refractivity contribution < 1.29 is 19.0 Å². The molecule has 0 saturated carbocycles. The molecule has 2 fully saturated rings. The lowest BCUT2D eigenvalue weighted by molar-refractivity contribution is 0.0963. The maximum atomic E-state index is 14.8. The molecular formula is C20H20FN5O3. The van der Waals surface area contributed by atoms with E-state index in [0.29, 0.717) is 43.1 Å². The first-order valence-corrected chi connectivity index (χ1v) is 9.33. The number of pyridine rings is 1. The summed E-state index contributed by atoms with van der Waals surface area (Å²) in [7, 11) is 0. The van der Waals surface area contributed by atoms with E-state index in [2.05, 4.69) is 9.88 Å². The second kappa shape index (κ2) is 7.93. The third kappa shape index (κ3) is 3.79. The average molecular weight is 397 g/mol. The van der Waals surface area contributed by atoms with Gasteiger partial charge in [-0.05, 0) is 30.3 Å². The van der Waals surface area contributed by atoms with Crippen molar-refractivity contribution in [3.63, 3.8) is 0 Å². The standard InChI is InChI=1S/C20H20FN5O3/c21-17-9-15(26-12-16(13-27)29-20(26)28)2-3-18(17)24-5-7-25(8-6-24)19-4-1-14(10-22)11-23-19/h1-4,9,11,16,27H,5-8,12-13H2. The number of carbonyl (C=O) groups excluding carboxylic acids is 1. The van der Waals surface area contributed by atoms with Crippen molar-refractivity contribution in [2.45, 2.75) is 6.10 Å². The van der Waals surface area contributed by atoms with E-state index in [1.807, 2.05) is 17.0 Å². The number of amides is 1. The molecule has 1 N–H and O–H groups in total. The van der Waals surface area contributed by atoms with Crippen LogP contribution in [-0.4, -0.2) is 61.6 Å². The fraction of sp³-hybridized carbons (Fsp3) is 0.350. The maximum absolute atomic E-state index is 14.8. The number of rotatable bonds is 4. The number of aromatic nitrogens is 1. The third-order valence-electron chi connectivity index (χ3n) is 5.14. The quantitative estimate of drug-likeness (QED) is 0.840. The van der Waals surface area contributed by atoms with Crippen molar-refractivity contribution in [2.75, 3.05) is 54.0 Å². The molecule has 29 heavy (non-hydrogen) atoms. The molecule has 1 aromatic heterocycles.